The van der Waals surface area contributed by atoms with Gasteiger partial charge in [-0.25, -0.2) is 5.11 Å². The van der Waals surface area contributed by atoms with Crippen LogP contribution < -0.4 is 5.32 Å². The first kappa shape index (κ1) is 7.03. The van der Waals surface area contributed by atoms with E-state index < -0.39 is 5.60 Å². The van der Waals surface area contributed by atoms with Crippen molar-refractivity contribution < 1.29 is 5.11 Å². The highest BCUT2D eigenvalue weighted by Crippen LogP contribution is 2.22. The molecular weight excluding hydrogens is 114 g/mol. The van der Waals surface area contributed by atoms with Crippen molar-refractivity contribution in [3.8, 4) is 0 Å². The summed E-state index contributed by atoms with van der Waals surface area (Å²) in [5, 5.41) is 14.4. The zero-order valence-corrected chi connectivity index (χ0v) is 6.11. The van der Waals surface area contributed by atoms with Gasteiger partial charge in [0.2, 0.25) is 0 Å². The van der Waals surface area contributed by atoms with E-state index in [-0.39, 0.29) is 0 Å². The molecule has 0 aliphatic carbocycles. The Balaban J connectivity index is 2.42. The van der Waals surface area contributed by atoms with Gasteiger partial charge in [-0.05, 0) is 26.8 Å². The first-order valence-corrected chi connectivity index (χ1v) is 3.52. The van der Waals surface area contributed by atoms with Crippen molar-refractivity contribution in [2.75, 3.05) is 13.1 Å². The molecule has 1 aliphatic heterocycles. The molecule has 0 bridgehead atoms. The molecule has 1 heterocycles. The second-order valence-corrected chi connectivity index (χ2v) is 3.29. The van der Waals surface area contributed by atoms with E-state index in [4.69, 9.17) is 0 Å². The summed E-state index contributed by atoms with van der Waals surface area (Å²) in [7, 11) is 0. The van der Waals surface area contributed by atoms with Crippen molar-refractivity contribution in [2.45, 2.75) is 25.9 Å². The van der Waals surface area contributed by atoms with Gasteiger partial charge in [0, 0.05) is 12.5 Å². The molecule has 1 atom stereocenters. The molecule has 2 nitrogen and oxygen atoms in total. The van der Waals surface area contributed by atoms with Gasteiger partial charge in [0.15, 0.2) is 0 Å². The van der Waals surface area contributed by atoms with Crippen LogP contribution in [0.1, 0.15) is 20.3 Å². The third-order valence-electron chi connectivity index (χ3n) is 2.04. The van der Waals surface area contributed by atoms with Crippen molar-refractivity contribution in [2.24, 2.45) is 5.92 Å². The molecule has 0 aromatic carbocycles. The number of nitrogens with one attached hydrogen (secondary N) is 1. The molecule has 0 saturated carbocycles. The third-order valence-corrected chi connectivity index (χ3v) is 2.04. The minimum atomic E-state index is -0.733. The van der Waals surface area contributed by atoms with Crippen LogP contribution in [0.5, 0.6) is 0 Å². The van der Waals surface area contributed by atoms with Gasteiger partial charge in [0.05, 0.1) is 0 Å². The molecule has 1 unspecified atom stereocenters. The van der Waals surface area contributed by atoms with Crippen molar-refractivity contribution in [3.63, 3.8) is 0 Å². The SMILES string of the molecule is CC(C)([O])C1CCNC1. The predicted molar refractivity (Wildman–Crippen MR) is 35.7 cm³/mol. The van der Waals surface area contributed by atoms with E-state index in [9.17, 15) is 5.11 Å². The quantitative estimate of drug-likeness (QED) is 0.556. The van der Waals surface area contributed by atoms with Crippen molar-refractivity contribution in [1.82, 2.24) is 5.32 Å². The Bertz CT molecular complexity index is 89.6. The Kier molecular flexibility index (Phi) is 1.78. The lowest BCUT2D eigenvalue weighted by molar-refractivity contribution is -0.0401. The molecule has 0 amide bonds. The molecule has 0 aromatic rings. The summed E-state index contributed by atoms with van der Waals surface area (Å²) in [5.41, 5.74) is -0.733. The summed E-state index contributed by atoms with van der Waals surface area (Å²) in [5.74, 6) is 0.345. The van der Waals surface area contributed by atoms with Crippen LogP contribution in [0.25, 0.3) is 0 Å². The first-order valence-electron chi connectivity index (χ1n) is 3.52. The molecule has 1 N–H and O–H groups in total. The molecule has 0 spiro atoms. The average molecular weight is 128 g/mol. The molecule has 1 radical (unpaired) electrons. The molecule has 1 rings (SSSR count). The molecule has 53 valence electrons. The van der Waals surface area contributed by atoms with Crippen molar-refractivity contribution in [1.29, 1.82) is 0 Å². The Labute approximate surface area is 56.3 Å². The zero-order chi connectivity index (χ0) is 6.91. The summed E-state index contributed by atoms with van der Waals surface area (Å²) in [6.45, 7) is 5.47. The zero-order valence-electron chi connectivity index (χ0n) is 6.11. The van der Waals surface area contributed by atoms with E-state index in [1.807, 2.05) is 0 Å². The molecule has 1 aliphatic rings. The smallest absolute Gasteiger partial charge is 0.102 e. The van der Waals surface area contributed by atoms with Gasteiger partial charge in [0.1, 0.15) is 5.60 Å². The maximum absolute atomic E-state index is 11.3. The third kappa shape index (κ3) is 1.66. The van der Waals surface area contributed by atoms with E-state index in [1.165, 1.54) is 0 Å². The lowest BCUT2D eigenvalue weighted by Crippen LogP contribution is -2.30. The van der Waals surface area contributed by atoms with Gasteiger partial charge < -0.3 is 5.32 Å². The van der Waals surface area contributed by atoms with Crippen LogP contribution in [0.15, 0.2) is 0 Å². The molecule has 2 heteroatoms. The number of hydrogen-bond acceptors (Lipinski definition) is 1. The average Bonchev–Trinajstić information content (AvgIpc) is 2.08. The van der Waals surface area contributed by atoms with Gasteiger partial charge in [0.25, 0.3) is 0 Å². The Hall–Kier alpha value is -0.0800. The van der Waals surface area contributed by atoms with E-state index in [2.05, 4.69) is 5.32 Å². The minimum Gasteiger partial charge on any atom is -0.316 e. The van der Waals surface area contributed by atoms with Gasteiger partial charge in [-0.2, -0.15) is 0 Å². The second-order valence-electron chi connectivity index (χ2n) is 3.29. The first-order chi connectivity index (χ1) is 4.11. The Morgan fingerprint density at radius 3 is 2.44 bits per heavy atom. The fourth-order valence-electron chi connectivity index (χ4n) is 1.25. The van der Waals surface area contributed by atoms with Crippen LogP contribution >= 0.6 is 0 Å². The summed E-state index contributed by atoms with van der Waals surface area (Å²) in [6.07, 6.45) is 1.05. The van der Waals surface area contributed by atoms with Crippen LogP contribution in [0.4, 0.5) is 0 Å². The fraction of sp³-hybridized carbons (Fsp3) is 1.00. The van der Waals surface area contributed by atoms with Crippen LogP contribution in [0.2, 0.25) is 0 Å². The molecule has 1 saturated heterocycles. The molecule has 1 fully saturated rings. The largest absolute Gasteiger partial charge is 0.316 e. The maximum Gasteiger partial charge on any atom is 0.102 e. The monoisotopic (exact) mass is 128 g/mol. The van der Waals surface area contributed by atoms with Crippen LogP contribution in [0, 0.1) is 5.92 Å². The van der Waals surface area contributed by atoms with Gasteiger partial charge in [-0.15, -0.1) is 0 Å². The van der Waals surface area contributed by atoms with Crippen LogP contribution in [-0.4, -0.2) is 18.7 Å². The standard InChI is InChI=1S/C7H14NO/c1-7(2,9)6-3-4-8-5-6/h6,8H,3-5H2,1-2H3. The van der Waals surface area contributed by atoms with Gasteiger partial charge >= 0.3 is 0 Å². The van der Waals surface area contributed by atoms with E-state index in [0.717, 1.165) is 19.5 Å². The van der Waals surface area contributed by atoms with Gasteiger partial charge in [-0.3, -0.25) is 0 Å². The van der Waals surface area contributed by atoms with Crippen LogP contribution in [0.3, 0.4) is 0 Å². The van der Waals surface area contributed by atoms with E-state index >= 15 is 0 Å². The highest BCUT2D eigenvalue weighted by atomic mass is 16.3. The molecule has 0 aromatic heterocycles. The summed E-state index contributed by atoms with van der Waals surface area (Å²) >= 11 is 0. The highest BCUT2D eigenvalue weighted by molar-refractivity contribution is 4.83. The summed E-state index contributed by atoms with van der Waals surface area (Å²) in [4.78, 5) is 0. The van der Waals surface area contributed by atoms with E-state index in [0.29, 0.717) is 5.92 Å². The second kappa shape index (κ2) is 2.27. The van der Waals surface area contributed by atoms with Crippen molar-refractivity contribution in [3.05, 3.63) is 0 Å². The summed E-state index contributed by atoms with van der Waals surface area (Å²) in [6, 6.07) is 0. The van der Waals surface area contributed by atoms with Gasteiger partial charge in [-0.1, -0.05) is 0 Å². The Morgan fingerprint density at radius 2 is 2.22 bits per heavy atom. The number of hydrogen-bond donors (Lipinski definition) is 1. The lowest BCUT2D eigenvalue weighted by atomic mass is 9.91. The highest BCUT2D eigenvalue weighted by Gasteiger charge is 2.30. The normalized spacial score (nSPS) is 29.0. The predicted octanol–water partition coefficient (Wildman–Crippen LogP) is 0.805. The topological polar surface area (TPSA) is 31.9 Å². The fourth-order valence-corrected chi connectivity index (χ4v) is 1.25. The minimum absolute atomic E-state index is 0.345. The lowest BCUT2D eigenvalue weighted by Gasteiger charge is -2.20. The number of rotatable bonds is 1. The summed E-state index contributed by atoms with van der Waals surface area (Å²) < 4.78 is 0. The Morgan fingerprint density at radius 1 is 1.56 bits per heavy atom. The van der Waals surface area contributed by atoms with Crippen molar-refractivity contribution >= 4 is 0 Å². The van der Waals surface area contributed by atoms with E-state index in [1.54, 1.807) is 13.8 Å². The van der Waals surface area contributed by atoms with Crippen LogP contribution in [-0.2, 0) is 5.11 Å². The molecular formula is C7H14NO. The maximum atomic E-state index is 11.3. The molecule has 9 heavy (non-hydrogen) atoms.